The molecule has 0 aliphatic heterocycles. The maximum Gasteiger partial charge on any atom is 0.224 e. The molecule has 0 saturated carbocycles. The second-order valence-electron chi connectivity index (χ2n) is 6.63. The van der Waals surface area contributed by atoms with Crippen molar-refractivity contribution in [3.8, 4) is 11.5 Å². The molecule has 5 nitrogen and oxygen atoms in total. The minimum absolute atomic E-state index is 0.0353. The number of amides is 1. The van der Waals surface area contributed by atoms with Crippen molar-refractivity contribution in [3.05, 3.63) is 23.8 Å². The summed E-state index contributed by atoms with van der Waals surface area (Å²) in [5.74, 6) is 2.00. The quantitative estimate of drug-likeness (QED) is 0.689. The van der Waals surface area contributed by atoms with Crippen molar-refractivity contribution in [2.45, 2.75) is 40.2 Å². The molecule has 1 aromatic carbocycles. The Morgan fingerprint density at radius 2 is 1.88 bits per heavy atom. The Morgan fingerprint density at radius 1 is 1.17 bits per heavy atom. The molecule has 0 aliphatic carbocycles. The monoisotopic (exact) mass is 336 g/mol. The average molecular weight is 336 g/mol. The number of methoxy groups -OCH3 is 1. The van der Waals surface area contributed by atoms with Gasteiger partial charge in [-0.2, -0.15) is 0 Å². The highest BCUT2D eigenvalue weighted by Gasteiger charge is 2.17. The number of benzene rings is 1. The van der Waals surface area contributed by atoms with Crippen molar-refractivity contribution in [2.75, 3.05) is 27.3 Å². The van der Waals surface area contributed by atoms with Crippen LogP contribution in [0.1, 0.15) is 45.7 Å². The van der Waals surface area contributed by atoms with E-state index < -0.39 is 0 Å². The largest absolute Gasteiger partial charge is 0.493 e. The number of hydrogen-bond donors (Lipinski definition) is 2. The Kier molecular flexibility index (Phi) is 8.61. The fourth-order valence-corrected chi connectivity index (χ4v) is 2.32. The van der Waals surface area contributed by atoms with E-state index in [1.165, 1.54) is 0 Å². The first-order valence-electron chi connectivity index (χ1n) is 8.64. The molecule has 0 aliphatic rings. The van der Waals surface area contributed by atoms with Crippen molar-refractivity contribution in [1.29, 1.82) is 0 Å². The molecule has 0 heterocycles. The number of rotatable bonds is 10. The normalized spacial score (nSPS) is 13.5. The van der Waals surface area contributed by atoms with Gasteiger partial charge in [-0.05, 0) is 44.0 Å². The number of nitrogens with one attached hydrogen (secondary N) is 2. The van der Waals surface area contributed by atoms with Crippen LogP contribution in [0.3, 0.4) is 0 Å². The summed E-state index contributed by atoms with van der Waals surface area (Å²) in [6.07, 6.45) is 1.00. The lowest BCUT2D eigenvalue weighted by Crippen LogP contribution is -2.35. The molecule has 2 N–H and O–H groups in total. The molecule has 0 aromatic heterocycles. The highest BCUT2D eigenvalue weighted by molar-refractivity contribution is 5.79. The summed E-state index contributed by atoms with van der Waals surface area (Å²) in [6, 6.07) is 5.73. The first-order valence-corrected chi connectivity index (χ1v) is 8.64. The zero-order valence-corrected chi connectivity index (χ0v) is 15.8. The van der Waals surface area contributed by atoms with Gasteiger partial charge < -0.3 is 20.1 Å². The summed E-state index contributed by atoms with van der Waals surface area (Å²) in [5, 5.41) is 6.05. The molecular weight excluding hydrogens is 304 g/mol. The van der Waals surface area contributed by atoms with Gasteiger partial charge in [0.1, 0.15) is 0 Å². The summed E-state index contributed by atoms with van der Waals surface area (Å²) in [7, 11) is 3.47. The predicted octanol–water partition coefficient (Wildman–Crippen LogP) is 3.15. The summed E-state index contributed by atoms with van der Waals surface area (Å²) in [4.78, 5) is 12.1. The van der Waals surface area contributed by atoms with E-state index in [-0.39, 0.29) is 17.9 Å². The smallest absolute Gasteiger partial charge is 0.224 e. The van der Waals surface area contributed by atoms with Crippen LogP contribution < -0.4 is 20.1 Å². The van der Waals surface area contributed by atoms with Crippen LogP contribution in [0.5, 0.6) is 11.5 Å². The summed E-state index contributed by atoms with van der Waals surface area (Å²) >= 11 is 0. The lowest BCUT2D eigenvalue weighted by molar-refractivity contribution is -0.125. The first-order chi connectivity index (χ1) is 11.4. The van der Waals surface area contributed by atoms with Gasteiger partial charge in [0, 0.05) is 12.5 Å². The third kappa shape index (κ3) is 6.40. The first kappa shape index (κ1) is 20.3. The fraction of sp³-hybridized carbons (Fsp3) is 0.632. The van der Waals surface area contributed by atoms with Crippen LogP contribution in [-0.4, -0.2) is 33.2 Å². The summed E-state index contributed by atoms with van der Waals surface area (Å²) < 4.78 is 11.2. The van der Waals surface area contributed by atoms with Crippen molar-refractivity contribution < 1.29 is 14.3 Å². The Hall–Kier alpha value is -1.75. The number of ether oxygens (including phenoxy) is 2. The number of hydrogen-bond acceptors (Lipinski definition) is 4. The average Bonchev–Trinajstić information content (AvgIpc) is 2.54. The zero-order valence-electron chi connectivity index (χ0n) is 15.8. The Bertz CT molecular complexity index is 517. The summed E-state index contributed by atoms with van der Waals surface area (Å²) in [6.45, 7) is 9.54. The Morgan fingerprint density at radius 3 is 2.46 bits per heavy atom. The topological polar surface area (TPSA) is 59.6 Å². The van der Waals surface area contributed by atoms with E-state index in [2.05, 4.69) is 24.5 Å². The van der Waals surface area contributed by atoms with Gasteiger partial charge in [-0.15, -0.1) is 0 Å². The second-order valence-corrected chi connectivity index (χ2v) is 6.63. The van der Waals surface area contributed by atoms with E-state index in [1.54, 1.807) is 7.11 Å². The van der Waals surface area contributed by atoms with E-state index in [1.807, 2.05) is 39.1 Å². The van der Waals surface area contributed by atoms with Crippen LogP contribution in [0.4, 0.5) is 0 Å². The highest BCUT2D eigenvalue weighted by atomic mass is 16.5. The van der Waals surface area contributed by atoms with Gasteiger partial charge in [-0.1, -0.05) is 26.8 Å². The molecule has 0 spiro atoms. The van der Waals surface area contributed by atoms with Gasteiger partial charge >= 0.3 is 0 Å². The van der Waals surface area contributed by atoms with Crippen molar-refractivity contribution in [3.63, 3.8) is 0 Å². The number of carbonyl (C=O) groups excluding carboxylic acids is 1. The van der Waals surface area contributed by atoms with Gasteiger partial charge in [0.2, 0.25) is 5.91 Å². The molecule has 24 heavy (non-hydrogen) atoms. The van der Waals surface area contributed by atoms with E-state index in [9.17, 15) is 4.79 Å². The van der Waals surface area contributed by atoms with E-state index in [4.69, 9.17) is 9.47 Å². The molecule has 0 saturated heterocycles. The van der Waals surface area contributed by atoms with Gasteiger partial charge in [0.25, 0.3) is 0 Å². The minimum atomic E-state index is -0.0876. The molecule has 5 heteroatoms. The lowest BCUT2D eigenvalue weighted by atomic mass is 10.1. The van der Waals surface area contributed by atoms with Crippen molar-refractivity contribution >= 4 is 5.91 Å². The van der Waals surface area contributed by atoms with Gasteiger partial charge in [0.05, 0.1) is 19.8 Å². The molecule has 136 valence electrons. The molecule has 2 unspecified atom stereocenters. The van der Waals surface area contributed by atoms with E-state index in [0.29, 0.717) is 24.8 Å². The van der Waals surface area contributed by atoms with Crippen LogP contribution in [-0.2, 0) is 4.79 Å². The predicted molar refractivity (Wildman–Crippen MR) is 97.6 cm³/mol. The highest BCUT2D eigenvalue weighted by Crippen LogP contribution is 2.30. The molecule has 0 bridgehead atoms. The SMILES string of the molecule is CNCC(C)C(=O)NC(C)c1ccc(OCCC(C)C)c(OC)c1. The van der Waals surface area contributed by atoms with Crippen LogP contribution in [0.2, 0.25) is 0 Å². The standard InChI is InChI=1S/C19H32N2O3/c1-13(2)9-10-24-17-8-7-16(11-18(17)23-6)15(4)21-19(22)14(3)12-20-5/h7-8,11,13-15,20H,9-10,12H2,1-6H3,(H,21,22). The van der Waals surface area contributed by atoms with E-state index >= 15 is 0 Å². The molecule has 0 fully saturated rings. The second kappa shape index (κ2) is 10.2. The molecule has 0 radical (unpaired) electrons. The Labute approximate surface area is 146 Å². The number of carbonyl (C=O) groups is 1. The van der Waals surface area contributed by atoms with Crippen LogP contribution in [0.15, 0.2) is 18.2 Å². The van der Waals surface area contributed by atoms with Gasteiger partial charge in [0.15, 0.2) is 11.5 Å². The maximum absolute atomic E-state index is 12.1. The van der Waals surface area contributed by atoms with Crippen LogP contribution in [0, 0.1) is 11.8 Å². The van der Waals surface area contributed by atoms with Crippen molar-refractivity contribution in [1.82, 2.24) is 10.6 Å². The Balaban J connectivity index is 2.73. The van der Waals surface area contributed by atoms with Crippen LogP contribution in [0.25, 0.3) is 0 Å². The van der Waals surface area contributed by atoms with Crippen molar-refractivity contribution in [2.24, 2.45) is 11.8 Å². The molecule has 1 rings (SSSR count). The minimum Gasteiger partial charge on any atom is -0.493 e. The third-order valence-electron chi connectivity index (χ3n) is 3.96. The molecule has 1 aromatic rings. The van der Waals surface area contributed by atoms with Gasteiger partial charge in [-0.3, -0.25) is 4.79 Å². The molecular formula is C19H32N2O3. The van der Waals surface area contributed by atoms with E-state index in [0.717, 1.165) is 17.7 Å². The molecule has 2 atom stereocenters. The molecule has 1 amide bonds. The zero-order chi connectivity index (χ0) is 18.1. The lowest BCUT2D eigenvalue weighted by Gasteiger charge is -2.19. The maximum atomic E-state index is 12.1. The third-order valence-corrected chi connectivity index (χ3v) is 3.96. The van der Waals surface area contributed by atoms with Gasteiger partial charge in [-0.25, -0.2) is 0 Å². The summed E-state index contributed by atoms with van der Waals surface area (Å²) in [5.41, 5.74) is 0.994. The van der Waals surface area contributed by atoms with Crippen LogP contribution >= 0.6 is 0 Å². The fourth-order valence-electron chi connectivity index (χ4n) is 2.32.